The van der Waals surface area contributed by atoms with Crippen LogP contribution >= 0.6 is 12.0 Å². The topological polar surface area (TPSA) is 26.3 Å². The number of aryl methyl sites for hydroxylation is 1. The first-order valence-corrected chi connectivity index (χ1v) is 8.06. The first kappa shape index (κ1) is 15.6. The Morgan fingerprint density at radius 2 is 1.71 bits per heavy atom. The van der Waals surface area contributed by atoms with Crippen LogP contribution < -0.4 is 0 Å². The minimum absolute atomic E-state index is 0.302. The van der Waals surface area contributed by atoms with Gasteiger partial charge in [0.15, 0.2) is 0 Å². The third kappa shape index (κ3) is 5.27. The van der Waals surface area contributed by atoms with Crippen molar-refractivity contribution in [3.05, 3.63) is 65.7 Å². The van der Waals surface area contributed by atoms with Gasteiger partial charge in [-0.25, -0.2) is 4.79 Å². The van der Waals surface area contributed by atoms with Crippen molar-refractivity contribution in [2.24, 2.45) is 0 Å². The van der Waals surface area contributed by atoms with E-state index in [1.165, 1.54) is 24.8 Å². The molecular formula is C18H20O2S. The van der Waals surface area contributed by atoms with Crippen LogP contribution in [0.2, 0.25) is 0 Å². The molecule has 3 heteroatoms. The van der Waals surface area contributed by atoms with Gasteiger partial charge < -0.3 is 4.18 Å². The van der Waals surface area contributed by atoms with E-state index in [-0.39, 0.29) is 5.97 Å². The second kappa shape index (κ2) is 8.53. The van der Waals surface area contributed by atoms with Gasteiger partial charge >= 0.3 is 5.97 Å². The summed E-state index contributed by atoms with van der Waals surface area (Å²) in [5.74, 6) is -0.302. The number of carbonyl (C=O) groups excluding carboxylic acids is 1. The maximum absolute atomic E-state index is 11.9. The van der Waals surface area contributed by atoms with Gasteiger partial charge in [0.2, 0.25) is 0 Å². The van der Waals surface area contributed by atoms with E-state index in [0.717, 1.165) is 23.4 Å². The SMILES string of the molecule is CCCCCc1ccc(C(=O)OSc2ccccc2)cc1. The van der Waals surface area contributed by atoms with Gasteiger partial charge in [0, 0.05) is 4.90 Å². The monoisotopic (exact) mass is 300 g/mol. The van der Waals surface area contributed by atoms with E-state index in [0.29, 0.717) is 5.56 Å². The van der Waals surface area contributed by atoms with Crippen LogP contribution in [0.25, 0.3) is 0 Å². The summed E-state index contributed by atoms with van der Waals surface area (Å²) in [6.45, 7) is 2.20. The third-order valence-corrected chi connectivity index (χ3v) is 3.91. The average Bonchev–Trinajstić information content (AvgIpc) is 2.54. The molecule has 110 valence electrons. The highest BCUT2D eigenvalue weighted by Gasteiger charge is 2.08. The fourth-order valence-corrected chi connectivity index (χ4v) is 2.53. The van der Waals surface area contributed by atoms with Crippen molar-refractivity contribution in [1.29, 1.82) is 0 Å². The zero-order valence-corrected chi connectivity index (χ0v) is 13.1. The fourth-order valence-electron chi connectivity index (χ4n) is 2.00. The summed E-state index contributed by atoms with van der Waals surface area (Å²) in [4.78, 5) is 12.9. The lowest BCUT2D eigenvalue weighted by Gasteiger charge is -2.04. The van der Waals surface area contributed by atoms with E-state index in [2.05, 4.69) is 6.92 Å². The summed E-state index contributed by atoms with van der Waals surface area (Å²) in [6, 6.07) is 17.3. The molecule has 0 aliphatic heterocycles. The zero-order chi connectivity index (χ0) is 14.9. The fraction of sp³-hybridized carbons (Fsp3) is 0.278. The van der Waals surface area contributed by atoms with Crippen LogP contribution in [0.4, 0.5) is 0 Å². The molecule has 2 aromatic carbocycles. The van der Waals surface area contributed by atoms with Crippen LogP contribution in [0.15, 0.2) is 59.5 Å². The van der Waals surface area contributed by atoms with Crippen molar-refractivity contribution in [3.8, 4) is 0 Å². The number of benzene rings is 2. The number of unbranched alkanes of at least 4 members (excludes halogenated alkanes) is 2. The highest BCUT2D eigenvalue weighted by atomic mass is 32.2. The van der Waals surface area contributed by atoms with Gasteiger partial charge in [0.1, 0.15) is 0 Å². The molecule has 0 unspecified atom stereocenters. The second-order valence-electron chi connectivity index (χ2n) is 4.92. The molecule has 0 heterocycles. The Kier molecular flexibility index (Phi) is 6.35. The molecule has 2 rings (SSSR count). The molecule has 0 atom stereocenters. The van der Waals surface area contributed by atoms with Gasteiger partial charge in [0.25, 0.3) is 0 Å². The number of rotatable bonds is 7. The standard InChI is InChI=1S/C18H20O2S/c1-2-3-5-8-15-11-13-16(14-12-15)18(19)20-21-17-9-6-4-7-10-17/h4,6-7,9-14H,2-3,5,8H2,1H3. The Hall–Kier alpha value is -1.74. The highest BCUT2D eigenvalue weighted by Crippen LogP contribution is 2.20. The lowest BCUT2D eigenvalue weighted by molar-refractivity contribution is 0.0768. The number of hydrogen-bond acceptors (Lipinski definition) is 3. The molecule has 0 aliphatic carbocycles. The Labute approximate surface area is 130 Å². The van der Waals surface area contributed by atoms with Crippen LogP contribution in [0, 0.1) is 0 Å². The van der Waals surface area contributed by atoms with Gasteiger partial charge in [-0.15, -0.1) is 0 Å². The minimum atomic E-state index is -0.302. The summed E-state index contributed by atoms with van der Waals surface area (Å²) in [6.07, 6.45) is 4.74. The lowest BCUT2D eigenvalue weighted by Crippen LogP contribution is -2.00. The molecule has 0 bridgehead atoms. The lowest BCUT2D eigenvalue weighted by atomic mass is 10.1. The minimum Gasteiger partial charge on any atom is -0.382 e. The quantitative estimate of drug-likeness (QED) is 0.514. The average molecular weight is 300 g/mol. The molecule has 2 nitrogen and oxygen atoms in total. The van der Waals surface area contributed by atoms with Crippen molar-refractivity contribution in [1.82, 2.24) is 0 Å². The Morgan fingerprint density at radius 1 is 1.00 bits per heavy atom. The van der Waals surface area contributed by atoms with E-state index in [1.807, 2.05) is 54.6 Å². The molecule has 0 radical (unpaired) electrons. The number of hydrogen-bond donors (Lipinski definition) is 0. The van der Waals surface area contributed by atoms with Crippen molar-refractivity contribution >= 4 is 18.0 Å². The molecule has 0 spiro atoms. The molecular weight excluding hydrogens is 280 g/mol. The van der Waals surface area contributed by atoms with Crippen LogP contribution in [-0.2, 0) is 10.6 Å². The molecule has 0 N–H and O–H groups in total. The van der Waals surface area contributed by atoms with E-state index in [1.54, 1.807) is 0 Å². The van der Waals surface area contributed by atoms with Crippen LogP contribution in [0.1, 0.15) is 42.1 Å². The van der Waals surface area contributed by atoms with E-state index >= 15 is 0 Å². The van der Waals surface area contributed by atoms with Crippen LogP contribution in [-0.4, -0.2) is 5.97 Å². The normalized spacial score (nSPS) is 10.3. The summed E-state index contributed by atoms with van der Waals surface area (Å²) in [7, 11) is 0. The Morgan fingerprint density at radius 3 is 2.38 bits per heavy atom. The van der Waals surface area contributed by atoms with Crippen LogP contribution in [0.5, 0.6) is 0 Å². The Balaban J connectivity index is 1.85. The third-order valence-electron chi connectivity index (χ3n) is 3.22. The molecule has 21 heavy (non-hydrogen) atoms. The van der Waals surface area contributed by atoms with E-state index in [9.17, 15) is 4.79 Å². The molecule has 0 amide bonds. The predicted octanol–water partition coefficient (Wildman–Crippen LogP) is 5.28. The molecule has 0 saturated carbocycles. The highest BCUT2D eigenvalue weighted by molar-refractivity contribution is 7.95. The van der Waals surface area contributed by atoms with Gasteiger partial charge in [-0.3, -0.25) is 0 Å². The van der Waals surface area contributed by atoms with Crippen LogP contribution in [0.3, 0.4) is 0 Å². The predicted molar refractivity (Wildman–Crippen MR) is 87.4 cm³/mol. The largest absolute Gasteiger partial charge is 0.382 e. The van der Waals surface area contributed by atoms with E-state index in [4.69, 9.17) is 4.18 Å². The van der Waals surface area contributed by atoms with Crippen molar-refractivity contribution in [2.75, 3.05) is 0 Å². The summed E-state index contributed by atoms with van der Waals surface area (Å²) < 4.78 is 5.23. The van der Waals surface area contributed by atoms with Crippen molar-refractivity contribution in [2.45, 2.75) is 37.5 Å². The molecule has 0 fully saturated rings. The maximum Gasteiger partial charge on any atom is 0.350 e. The maximum atomic E-state index is 11.9. The summed E-state index contributed by atoms with van der Waals surface area (Å²) in [5, 5.41) is 0. The number of carbonyl (C=O) groups is 1. The molecule has 0 aliphatic rings. The smallest absolute Gasteiger partial charge is 0.350 e. The Bertz CT molecular complexity index is 549. The second-order valence-corrected chi connectivity index (χ2v) is 5.73. The molecule has 0 aromatic heterocycles. The van der Waals surface area contributed by atoms with Crippen molar-refractivity contribution < 1.29 is 8.98 Å². The van der Waals surface area contributed by atoms with E-state index < -0.39 is 0 Å². The molecule has 2 aromatic rings. The van der Waals surface area contributed by atoms with Crippen molar-refractivity contribution in [3.63, 3.8) is 0 Å². The van der Waals surface area contributed by atoms with Gasteiger partial charge in [0.05, 0.1) is 17.6 Å². The zero-order valence-electron chi connectivity index (χ0n) is 12.2. The van der Waals surface area contributed by atoms with Gasteiger partial charge in [-0.2, -0.15) is 0 Å². The first-order chi connectivity index (χ1) is 10.3. The molecule has 0 saturated heterocycles. The van der Waals surface area contributed by atoms with Gasteiger partial charge in [-0.05, 0) is 42.7 Å². The summed E-state index contributed by atoms with van der Waals surface area (Å²) >= 11 is 1.09. The summed E-state index contributed by atoms with van der Waals surface area (Å²) in [5.41, 5.74) is 1.87. The first-order valence-electron chi connectivity index (χ1n) is 7.32. The van der Waals surface area contributed by atoms with Gasteiger partial charge in [-0.1, -0.05) is 50.1 Å².